The highest BCUT2D eigenvalue weighted by Gasteiger charge is 2.34. The highest BCUT2D eigenvalue weighted by Crippen LogP contribution is 2.32. The van der Waals surface area contributed by atoms with E-state index in [9.17, 15) is 12.8 Å². The smallest absolute Gasteiger partial charge is 0.229 e. The fourth-order valence-electron chi connectivity index (χ4n) is 4.80. The van der Waals surface area contributed by atoms with Crippen LogP contribution in [0, 0.1) is 18.2 Å². The number of rotatable bonds is 12. The van der Waals surface area contributed by atoms with Crippen molar-refractivity contribution in [1.29, 1.82) is 0 Å². The molecule has 0 amide bonds. The summed E-state index contributed by atoms with van der Waals surface area (Å²) in [5, 5.41) is 0. The number of nitrogens with zero attached hydrogens (tertiary/aromatic N) is 1. The Labute approximate surface area is 246 Å². The number of hydrogen-bond acceptors (Lipinski definition) is 6. The molecule has 0 aromatic heterocycles. The Morgan fingerprint density at radius 1 is 0.881 bits per heavy atom. The third kappa shape index (κ3) is 7.80. The van der Waals surface area contributed by atoms with Crippen LogP contribution in [0.2, 0.25) is 0 Å². The molecular formula is C33H35FN2O5S. The van der Waals surface area contributed by atoms with E-state index in [0.29, 0.717) is 50.1 Å². The molecule has 0 atom stereocenters. The Hall–Kier alpha value is -4.08. The van der Waals surface area contributed by atoms with Crippen molar-refractivity contribution < 1.29 is 27.0 Å². The summed E-state index contributed by atoms with van der Waals surface area (Å²) in [5.74, 6) is 1.79. The summed E-state index contributed by atoms with van der Waals surface area (Å²) in [7, 11) is -3.45. The quantitative estimate of drug-likeness (QED) is 0.193. The highest BCUT2D eigenvalue weighted by atomic mass is 32.2. The van der Waals surface area contributed by atoms with Crippen LogP contribution in [0.25, 0.3) is 0 Å². The number of sulfonamides is 1. The summed E-state index contributed by atoms with van der Waals surface area (Å²) >= 11 is 0. The molecule has 1 fully saturated rings. The van der Waals surface area contributed by atoms with Gasteiger partial charge in [0, 0.05) is 30.3 Å². The van der Waals surface area contributed by atoms with Crippen molar-refractivity contribution in [2.24, 2.45) is 5.41 Å². The van der Waals surface area contributed by atoms with Crippen LogP contribution in [0.4, 0.5) is 15.8 Å². The number of hydrogen-bond donors (Lipinski definition) is 1. The van der Waals surface area contributed by atoms with Gasteiger partial charge >= 0.3 is 0 Å². The van der Waals surface area contributed by atoms with Crippen LogP contribution >= 0.6 is 0 Å². The maximum Gasteiger partial charge on any atom is 0.229 e. The van der Waals surface area contributed by atoms with Gasteiger partial charge in [-0.15, -0.1) is 0 Å². The second-order valence-corrected chi connectivity index (χ2v) is 12.9. The van der Waals surface area contributed by atoms with Crippen molar-refractivity contribution in [3.05, 3.63) is 114 Å². The second kappa shape index (κ2) is 12.4. The van der Waals surface area contributed by atoms with Gasteiger partial charge in [-0.3, -0.25) is 4.72 Å². The third-order valence-corrected chi connectivity index (χ3v) is 7.62. The molecule has 0 spiro atoms. The number of anilines is 2. The van der Waals surface area contributed by atoms with E-state index in [1.807, 2.05) is 73.7 Å². The Kier molecular flexibility index (Phi) is 8.70. The lowest BCUT2D eigenvalue weighted by molar-refractivity contribution is -0.120. The summed E-state index contributed by atoms with van der Waals surface area (Å²) in [6, 6.07) is 27.3. The zero-order chi connectivity index (χ0) is 29.7. The molecule has 1 heterocycles. The molecule has 0 saturated carbocycles. The topological polar surface area (TPSA) is 77.1 Å². The standard InChI is InChI=1S/C33H35FN2O5S/c1-24-31(35-42(3,37)38)11-6-12-32(24)36(20-26-7-4-8-27(34)17-26)19-25-13-15-28(16-14-25)41-30-10-5-9-29(18-30)40-23-33(2)21-39-22-33/h4-18,35H,19-23H2,1-3H3. The maximum absolute atomic E-state index is 14.0. The van der Waals surface area contributed by atoms with Crippen molar-refractivity contribution >= 4 is 21.4 Å². The van der Waals surface area contributed by atoms with E-state index in [1.165, 1.54) is 12.1 Å². The Bertz CT molecular complexity index is 1640. The fourth-order valence-corrected chi connectivity index (χ4v) is 5.42. The first-order chi connectivity index (χ1) is 20.1. The monoisotopic (exact) mass is 590 g/mol. The lowest BCUT2D eigenvalue weighted by atomic mass is 9.90. The van der Waals surface area contributed by atoms with Crippen molar-refractivity contribution in [1.82, 2.24) is 0 Å². The molecule has 1 aliphatic heterocycles. The lowest BCUT2D eigenvalue weighted by Gasteiger charge is -2.37. The molecule has 9 heteroatoms. The van der Waals surface area contributed by atoms with Gasteiger partial charge in [0.05, 0.1) is 31.8 Å². The maximum atomic E-state index is 14.0. The van der Waals surface area contributed by atoms with E-state index < -0.39 is 10.0 Å². The molecule has 0 aliphatic carbocycles. The van der Waals surface area contributed by atoms with Crippen molar-refractivity contribution in [2.45, 2.75) is 26.9 Å². The van der Waals surface area contributed by atoms with Gasteiger partial charge in [0.1, 0.15) is 23.1 Å². The van der Waals surface area contributed by atoms with Crippen LogP contribution < -0.4 is 19.1 Å². The molecule has 0 unspecified atom stereocenters. The molecule has 7 nitrogen and oxygen atoms in total. The third-order valence-electron chi connectivity index (χ3n) is 7.03. The summed E-state index contributed by atoms with van der Waals surface area (Å²) in [4.78, 5) is 2.10. The molecule has 1 saturated heterocycles. The Morgan fingerprint density at radius 3 is 2.26 bits per heavy atom. The fraction of sp³-hybridized carbons (Fsp3) is 0.273. The number of ether oxygens (including phenoxy) is 3. The van der Waals surface area contributed by atoms with E-state index in [0.717, 1.165) is 34.4 Å². The highest BCUT2D eigenvalue weighted by molar-refractivity contribution is 7.92. The number of halogens is 1. The van der Waals surface area contributed by atoms with E-state index >= 15 is 0 Å². The molecule has 4 aromatic rings. The molecule has 0 radical (unpaired) electrons. The largest absolute Gasteiger partial charge is 0.493 e. The molecule has 42 heavy (non-hydrogen) atoms. The van der Waals surface area contributed by atoms with Gasteiger partial charge < -0.3 is 19.1 Å². The normalized spacial score (nSPS) is 14.1. The van der Waals surface area contributed by atoms with Crippen molar-refractivity contribution in [3.8, 4) is 17.2 Å². The van der Waals surface area contributed by atoms with E-state index in [2.05, 4.69) is 16.5 Å². The van der Waals surface area contributed by atoms with Crippen LogP contribution in [0.15, 0.2) is 91.0 Å². The first kappa shape index (κ1) is 29.4. The molecule has 220 valence electrons. The Balaban J connectivity index is 1.32. The summed E-state index contributed by atoms with van der Waals surface area (Å²) in [5.41, 5.74) is 3.99. The lowest BCUT2D eigenvalue weighted by Crippen LogP contribution is -2.44. The molecular weight excluding hydrogens is 555 g/mol. The summed E-state index contributed by atoms with van der Waals surface area (Å²) in [6.07, 6.45) is 1.13. The molecule has 0 bridgehead atoms. The van der Waals surface area contributed by atoms with Gasteiger partial charge in [-0.2, -0.15) is 0 Å². The van der Waals surface area contributed by atoms with Crippen LogP contribution in [0.5, 0.6) is 17.2 Å². The average molecular weight is 591 g/mol. The zero-order valence-corrected chi connectivity index (χ0v) is 24.8. The molecule has 5 rings (SSSR count). The first-order valence-corrected chi connectivity index (χ1v) is 15.6. The summed E-state index contributed by atoms with van der Waals surface area (Å²) < 4.78 is 57.8. The minimum Gasteiger partial charge on any atom is -0.493 e. The van der Waals surface area contributed by atoms with Gasteiger partial charge in [-0.05, 0) is 72.1 Å². The van der Waals surface area contributed by atoms with Crippen molar-refractivity contribution in [3.63, 3.8) is 0 Å². The Morgan fingerprint density at radius 2 is 1.57 bits per heavy atom. The van der Waals surface area contributed by atoms with Gasteiger partial charge in [0.25, 0.3) is 0 Å². The molecule has 4 aromatic carbocycles. The predicted octanol–water partition coefficient (Wildman–Crippen LogP) is 6.92. The van der Waals surface area contributed by atoms with E-state index in [-0.39, 0.29) is 11.2 Å². The number of nitrogens with one attached hydrogen (secondary N) is 1. The molecule has 1 aliphatic rings. The van der Waals surface area contributed by atoms with Crippen LogP contribution in [0.1, 0.15) is 23.6 Å². The van der Waals surface area contributed by atoms with Gasteiger partial charge in [0.2, 0.25) is 10.0 Å². The van der Waals surface area contributed by atoms with Gasteiger partial charge in [0.15, 0.2) is 0 Å². The van der Waals surface area contributed by atoms with Crippen LogP contribution in [-0.2, 0) is 27.8 Å². The predicted molar refractivity (Wildman–Crippen MR) is 163 cm³/mol. The SMILES string of the molecule is Cc1c(NS(C)(=O)=O)cccc1N(Cc1ccc(Oc2cccc(OCC3(C)COC3)c2)cc1)Cc1cccc(F)c1. The van der Waals surface area contributed by atoms with E-state index in [4.69, 9.17) is 14.2 Å². The first-order valence-electron chi connectivity index (χ1n) is 13.7. The minimum atomic E-state index is -3.45. The van der Waals surface area contributed by atoms with Gasteiger partial charge in [-0.1, -0.05) is 43.3 Å². The zero-order valence-electron chi connectivity index (χ0n) is 24.0. The minimum absolute atomic E-state index is 0.0549. The van der Waals surface area contributed by atoms with Crippen molar-refractivity contribution in [2.75, 3.05) is 35.7 Å². The second-order valence-electron chi connectivity index (χ2n) is 11.1. The molecule has 1 N–H and O–H groups in total. The van der Waals surface area contributed by atoms with Crippen LogP contribution in [-0.4, -0.2) is 34.5 Å². The average Bonchev–Trinajstić information content (AvgIpc) is 2.92. The van der Waals surface area contributed by atoms with Crippen LogP contribution in [0.3, 0.4) is 0 Å². The van der Waals surface area contributed by atoms with E-state index in [1.54, 1.807) is 12.1 Å². The number of benzene rings is 4. The summed E-state index contributed by atoms with van der Waals surface area (Å²) in [6.45, 7) is 6.95. The van der Waals surface area contributed by atoms with Gasteiger partial charge in [-0.25, -0.2) is 12.8 Å².